The topological polar surface area (TPSA) is 52.7 Å². The third kappa shape index (κ3) is 5.85. The predicted octanol–water partition coefficient (Wildman–Crippen LogP) is 5.82. The van der Waals surface area contributed by atoms with Gasteiger partial charge in [0.15, 0.2) is 0 Å². The van der Waals surface area contributed by atoms with Crippen LogP contribution in [0.1, 0.15) is 63.9 Å². The number of amides is 2. The largest absolute Gasteiger partial charge is 0.369 e. The number of carbonyl (C=O) groups is 2. The van der Waals surface area contributed by atoms with Crippen LogP contribution in [0.5, 0.6) is 0 Å². The number of rotatable bonds is 8. The Bertz CT molecular complexity index is 994. The highest BCUT2D eigenvalue weighted by atomic mass is 19.1. The van der Waals surface area contributed by atoms with E-state index >= 15 is 4.39 Å². The Kier molecular flexibility index (Phi) is 8.42. The second-order valence-corrected chi connectivity index (χ2v) is 9.86. The molecule has 188 valence electrons. The summed E-state index contributed by atoms with van der Waals surface area (Å²) in [5.74, 6) is -0.0283. The SMILES string of the molecule is CCN(CC)C(=O)C(c1ccccc1)C1CCN(c2ccc(NC(=O)C3CCCC3)cc2F)CC1. The van der Waals surface area contributed by atoms with Crippen molar-refractivity contribution in [1.29, 1.82) is 0 Å². The minimum absolute atomic E-state index is 0.000266. The molecular weight excluding hydrogens is 441 g/mol. The first-order chi connectivity index (χ1) is 17.0. The van der Waals surface area contributed by atoms with E-state index in [2.05, 4.69) is 22.3 Å². The standard InChI is InChI=1S/C29H38FN3O2/c1-3-32(4-2)29(35)27(21-10-6-5-7-11-21)22-16-18-33(19-17-22)26-15-14-24(20-25(26)30)31-28(34)23-12-8-9-13-23/h5-7,10-11,14-15,20,22-23,27H,3-4,8-9,12-13,16-19H2,1-2H3,(H,31,34). The fraction of sp³-hybridized carbons (Fsp3) is 0.517. The lowest BCUT2D eigenvalue weighted by Gasteiger charge is -2.38. The number of hydrogen-bond donors (Lipinski definition) is 1. The maximum Gasteiger partial charge on any atom is 0.230 e. The van der Waals surface area contributed by atoms with Crippen molar-refractivity contribution in [2.75, 3.05) is 36.4 Å². The number of carbonyl (C=O) groups excluding carboxylic acids is 2. The van der Waals surface area contributed by atoms with Gasteiger partial charge in [-0.25, -0.2) is 4.39 Å². The first kappa shape index (κ1) is 25.2. The van der Waals surface area contributed by atoms with Gasteiger partial charge in [-0.1, -0.05) is 43.2 Å². The molecule has 1 saturated heterocycles. The van der Waals surface area contributed by atoms with E-state index in [1.54, 1.807) is 12.1 Å². The molecule has 0 aromatic heterocycles. The molecule has 1 atom stereocenters. The molecule has 0 radical (unpaired) electrons. The van der Waals surface area contributed by atoms with Crippen molar-refractivity contribution < 1.29 is 14.0 Å². The highest BCUT2D eigenvalue weighted by Crippen LogP contribution is 2.36. The van der Waals surface area contributed by atoms with E-state index in [1.165, 1.54) is 6.07 Å². The van der Waals surface area contributed by atoms with E-state index in [1.807, 2.05) is 36.9 Å². The Morgan fingerprint density at radius 1 is 1.00 bits per heavy atom. The lowest BCUT2D eigenvalue weighted by atomic mass is 9.79. The van der Waals surface area contributed by atoms with Crippen LogP contribution in [-0.4, -0.2) is 42.9 Å². The Balaban J connectivity index is 1.43. The molecule has 1 aliphatic heterocycles. The van der Waals surface area contributed by atoms with Crippen LogP contribution in [0.2, 0.25) is 0 Å². The first-order valence-electron chi connectivity index (χ1n) is 13.2. The van der Waals surface area contributed by atoms with Gasteiger partial charge >= 0.3 is 0 Å². The van der Waals surface area contributed by atoms with Gasteiger partial charge in [0.05, 0.1) is 11.6 Å². The van der Waals surface area contributed by atoms with Crippen LogP contribution in [0.4, 0.5) is 15.8 Å². The molecule has 2 aromatic carbocycles. The molecule has 4 rings (SSSR count). The van der Waals surface area contributed by atoms with Gasteiger partial charge in [0.25, 0.3) is 0 Å². The van der Waals surface area contributed by atoms with Crippen molar-refractivity contribution in [2.45, 2.75) is 58.3 Å². The van der Waals surface area contributed by atoms with Crippen molar-refractivity contribution in [3.05, 3.63) is 59.9 Å². The van der Waals surface area contributed by atoms with Crippen molar-refractivity contribution in [3.8, 4) is 0 Å². The van der Waals surface area contributed by atoms with Gasteiger partial charge in [-0.05, 0) is 69.2 Å². The van der Waals surface area contributed by atoms with E-state index in [0.717, 1.165) is 44.1 Å². The van der Waals surface area contributed by atoms with Crippen LogP contribution in [-0.2, 0) is 9.59 Å². The number of likely N-dealkylation sites (N-methyl/N-ethyl adjacent to an activating group) is 1. The van der Waals surface area contributed by atoms with Crippen LogP contribution in [0.15, 0.2) is 48.5 Å². The van der Waals surface area contributed by atoms with Gasteiger partial charge in [-0.3, -0.25) is 9.59 Å². The van der Waals surface area contributed by atoms with Crippen molar-refractivity contribution in [2.24, 2.45) is 11.8 Å². The summed E-state index contributed by atoms with van der Waals surface area (Å²) in [5, 5.41) is 2.89. The number of halogens is 1. The molecule has 1 unspecified atom stereocenters. The summed E-state index contributed by atoms with van der Waals surface area (Å²) in [6.45, 7) is 6.84. The number of anilines is 2. The Hall–Kier alpha value is -2.89. The minimum atomic E-state index is -0.313. The molecule has 0 spiro atoms. The molecule has 2 amide bonds. The van der Waals surface area contributed by atoms with Crippen LogP contribution in [0, 0.1) is 17.7 Å². The second kappa shape index (κ2) is 11.7. The fourth-order valence-electron chi connectivity index (χ4n) is 5.76. The average molecular weight is 480 g/mol. The smallest absolute Gasteiger partial charge is 0.230 e. The summed E-state index contributed by atoms with van der Waals surface area (Å²) in [4.78, 5) is 29.8. The number of benzene rings is 2. The van der Waals surface area contributed by atoms with Crippen LogP contribution in [0.3, 0.4) is 0 Å². The highest BCUT2D eigenvalue weighted by molar-refractivity contribution is 5.92. The van der Waals surface area contributed by atoms with Crippen molar-refractivity contribution in [3.63, 3.8) is 0 Å². The van der Waals surface area contributed by atoms with E-state index in [0.29, 0.717) is 37.6 Å². The summed E-state index contributed by atoms with van der Waals surface area (Å²) in [5.41, 5.74) is 2.15. The molecule has 1 heterocycles. The number of hydrogen-bond acceptors (Lipinski definition) is 3. The lowest BCUT2D eigenvalue weighted by Crippen LogP contribution is -2.42. The molecule has 35 heavy (non-hydrogen) atoms. The molecule has 2 aliphatic rings. The summed E-state index contributed by atoms with van der Waals surface area (Å²) < 4.78 is 15.1. The van der Waals surface area contributed by atoms with E-state index in [9.17, 15) is 9.59 Å². The zero-order valence-electron chi connectivity index (χ0n) is 21.0. The highest BCUT2D eigenvalue weighted by Gasteiger charge is 2.35. The Labute approximate surface area is 208 Å². The van der Waals surface area contributed by atoms with Gasteiger partial charge in [-0.2, -0.15) is 0 Å². The normalized spacial score (nSPS) is 17.9. The molecular formula is C29H38FN3O2. The zero-order chi connectivity index (χ0) is 24.8. The van der Waals surface area contributed by atoms with Crippen molar-refractivity contribution in [1.82, 2.24) is 4.90 Å². The first-order valence-corrected chi connectivity index (χ1v) is 13.2. The lowest BCUT2D eigenvalue weighted by molar-refractivity contribution is -0.134. The maximum absolute atomic E-state index is 15.1. The molecule has 5 nitrogen and oxygen atoms in total. The minimum Gasteiger partial charge on any atom is -0.369 e. The third-order valence-electron chi connectivity index (χ3n) is 7.79. The van der Waals surface area contributed by atoms with Gasteiger partial charge in [0, 0.05) is 37.8 Å². The van der Waals surface area contributed by atoms with Gasteiger partial charge in [0.1, 0.15) is 5.82 Å². The Morgan fingerprint density at radius 2 is 1.66 bits per heavy atom. The zero-order valence-corrected chi connectivity index (χ0v) is 21.0. The number of nitrogens with one attached hydrogen (secondary N) is 1. The van der Waals surface area contributed by atoms with Gasteiger partial charge < -0.3 is 15.1 Å². The fourth-order valence-corrected chi connectivity index (χ4v) is 5.76. The summed E-state index contributed by atoms with van der Waals surface area (Å²) in [6.07, 6.45) is 5.67. The average Bonchev–Trinajstić information content (AvgIpc) is 3.42. The second-order valence-electron chi connectivity index (χ2n) is 9.86. The van der Waals surface area contributed by atoms with Gasteiger partial charge in [0.2, 0.25) is 11.8 Å². The van der Waals surface area contributed by atoms with E-state index in [4.69, 9.17) is 0 Å². The van der Waals surface area contributed by atoms with E-state index < -0.39 is 0 Å². The third-order valence-corrected chi connectivity index (χ3v) is 7.79. The summed E-state index contributed by atoms with van der Waals surface area (Å²) in [7, 11) is 0. The monoisotopic (exact) mass is 479 g/mol. The molecule has 1 saturated carbocycles. The predicted molar refractivity (Wildman–Crippen MR) is 139 cm³/mol. The molecule has 2 aromatic rings. The molecule has 6 heteroatoms. The number of piperidine rings is 1. The Morgan fingerprint density at radius 3 is 2.26 bits per heavy atom. The van der Waals surface area contributed by atoms with Crippen LogP contribution in [0.25, 0.3) is 0 Å². The van der Waals surface area contributed by atoms with E-state index in [-0.39, 0.29) is 35.4 Å². The van der Waals surface area contributed by atoms with Crippen LogP contribution < -0.4 is 10.2 Å². The summed E-state index contributed by atoms with van der Waals surface area (Å²) in [6, 6.07) is 15.1. The molecule has 0 bridgehead atoms. The van der Waals surface area contributed by atoms with Crippen molar-refractivity contribution >= 4 is 23.2 Å². The molecule has 2 fully saturated rings. The van der Waals surface area contributed by atoms with Gasteiger partial charge in [-0.15, -0.1) is 0 Å². The quantitative estimate of drug-likeness (QED) is 0.519. The number of nitrogens with zero attached hydrogens (tertiary/aromatic N) is 2. The molecule has 1 aliphatic carbocycles. The van der Waals surface area contributed by atoms with Crippen LogP contribution >= 0.6 is 0 Å². The maximum atomic E-state index is 15.1. The summed E-state index contributed by atoms with van der Waals surface area (Å²) >= 11 is 0. The molecule has 1 N–H and O–H groups in total.